The molecule has 104 valence electrons. The van der Waals surface area contributed by atoms with Crippen LogP contribution in [0.25, 0.3) is 11.0 Å². The lowest BCUT2D eigenvalue weighted by molar-refractivity contribution is -0.116. The van der Waals surface area contributed by atoms with Crippen molar-refractivity contribution in [1.29, 1.82) is 0 Å². The molecular weight excluding hydrogens is 350 g/mol. The minimum atomic E-state index is 0.0226. The summed E-state index contributed by atoms with van der Waals surface area (Å²) in [7, 11) is 0. The summed E-state index contributed by atoms with van der Waals surface area (Å²) < 4.78 is 9.75. The van der Waals surface area contributed by atoms with Gasteiger partial charge in [-0.15, -0.1) is 0 Å². The van der Waals surface area contributed by atoms with Crippen molar-refractivity contribution in [2.75, 3.05) is 5.32 Å². The molecule has 0 aliphatic carbocycles. The van der Waals surface area contributed by atoms with E-state index in [-0.39, 0.29) is 11.8 Å². The second-order valence-corrected chi connectivity index (χ2v) is 6.46. The van der Waals surface area contributed by atoms with Crippen molar-refractivity contribution in [2.45, 2.75) is 12.3 Å². The highest BCUT2D eigenvalue weighted by Gasteiger charge is 2.29. The van der Waals surface area contributed by atoms with Crippen LogP contribution < -0.4 is 5.32 Å². The summed E-state index contributed by atoms with van der Waals surface area (Å²) in [6.07, 6.45) is 0.436. The monoisotopic (exact) mass is 359 g/mol. The van der Waals surface area contributed by atoms with Crippen LogP contribution in [0.3, 0.4) is 0 Å². The molecule has 4 nitrogen and oxygen atoms in total. The Morgan fingerprint density at radius 1 is 1.14 bits per heavy atom. The third-order valence-electron chi connectivity index (χ3n) is 3.75. The molecule has 3 aromatic rings. The largest absolute Gasteiger partial charge is 0.326 e. The van der Waals surface area contributed by atoms with Crippen LogP contribution in [-0.4, -0.2) is 14.7 Å². The summed E-state index contributed by atoms with van der Waals surface area (Å²) in [6, 6.07) is 11.9. The molecule has 0 spiro atoms. The molecule has 0 bridgehead atoms. The number of rotatable bonds is 1. The highest BCUT2D eigenvalue weighted by Crippen LogP contribution is 2.41. The number of benzene rings is 2. The van der Waals surface area contributed by atoms with E-state index < -0.39 is 0 Å². The first kappa shape index (κ1) is 12.9. The topological polar surface area (TPSA) is 54.9 Å². The first-order valence-electron chi connectivity index (χ1n) is 6.53. The van der Waals surface area contributed by atoms with Crippen LogP contribution in [0.1, 0.15) is 23.5 Å². The highest BCUT2D eigenvalue weighted by molar-refractivity contribution is 9.10. The number of carbonyl (C=O) groups is 1. The van der Waals surface area contributed by atoms with Gasteiger partial charge in [0.15, 0.2) is 0 Å². The molecule has 0 saturated carbocycles. The molecule has 0 fully saturated rings. The van der Waals surface area contributed by atoms with E-state index in [1.165, 1.54) is 11.7 Å². The first-order chi connectivity index (χ1) is 10.2. The number of hydrogen-bond donors (Lipinski definition) is 1. The maximum Gasteiger partial charge on any atom is 0.225 e. The maximum absolute atomic E-state index is 12.0. The van der Waals surface area contributed by atoms with E-state index in [1.807, 2.05) is 24.3 Å². The van der Waals surface area contributed by atoms with Gasteiger partial charge in [-0.2, -0.15) is 8.75 Å². The molecule has 6 heteroatoms. The Morgan fingerprint density at radius 3 is 2.76 bits per heavy atom. The zero-order valence-corrected chi connectivity index (χ0v) is 13.2. The lowest BCUT2D eigenvalue weighted by Crippen LogP contribution is -2.23. The lowest BCUT2D eigenvalue weighted by Gasteiger charge is -2.26. The van der Waals surface area contributed by atoms with Gasteiger partial charge in [-0.25, -0.2) is 0 Å². The number of amides is 1. The average molecular weight is 360 g/mol. The highest BCUT2D eigenvalue weighted by atomic mass is 79.9. The summed E-state index contributed by atoms with van der Waals surface area (Å²) in [5.74, 6) is 0.0624. The summed E-state index contributed by atoms with van der Waals surface area (Å²) >= 11 is 4.65. The van der Waals surface area contributed by atoms with Gasteiger partial charge in [-0.05, 0) is 29.8 Å². The van der Waals surface area contributed by atoms with Gasteiger partial charge in [0.05, 0.1) is 11.7 Å². The number of hydrogen-bond acceptors (Lipinski definition) is 4. The van der Waals surface area contributed by atoms with Crippen molar-refractivity contribution in [3.63, 3.8) is 0 Å². The van der Waals surface area contributed by atoms with E-state index in [9.17, 15) is 4.79 Å². The fourth-order valence-electron chi connectivity index (χ4n) is 2.80. The molecule has 2 aromatic carbocycles. The SMILES string of the molecule is O=C1CC(c2ccc(Br)cc2)c2c(ccc3nsnc23)N1. The molecule has 1 aromatic heterocycles. The molecule has 1 unspecified atom stereocenters. The Balaban J connectivity index is 1.95. The number of anilines is 1. The summed E-state index contributed by atoms with van der Waals surface area (Å²) in [6.45, 7) is 0. The Morgan fingerprint density at radius 2 is 1.95 bits per heavy atom. The van der Waals surface area contributed by atoms with Crippen molar-refractivity contribution in [3.05, 3.63) is 52.0 Å². The van der Waals surface area contributed by atoms with Gasteiger partial charge in [0.1, 0.15) is 11.0 Å². The van der Waals surface area contributed by atoms with Gasteiger partial charge >= 0.3 is 0 Å². The van der Waals surface area contributed by atoms with Crippen LogP contribution in [-0.2, 0) is 4.79 Å². The fraction of sp³-hybridized carbons (Fsp3) is 0.133. The van der Waals surface area contributed by atoms with Crippen LogP contribution in [0.15, 0.2) is 40.9 Å². The Kier molecular flexibility index (Phi) is 3.01. The zero-order chi connectivity index (χ0) is 14.4. The molecule has 21 heavy (non-hydrogen) atoms. The van der Waals surface area contributed by atoms with Crippen LogP contribution in [0.5, 0.6) is 0 Å². The molecule has 1 atom stereocenters. The minimum absolute atomic E-state index is 0.0226. The van der Waals surface area contributed by atoms with Crippen LogP contribution in [0, 0.1) is 0 Å². The molecule has 4 rings (SSSR count). The van der Waals surface area contributed by atoms with Gasteiger partial charge in [-0.1, -0.05) is 28.1 Å². The molecule has 1 N–H and O–H groups in total. The smallest absolute Gasteiger partial charge is 0.225 e. The number of aromatic nitrogens is 2. The molecule has 1 amide bonds. The Labute approximate surface area is 133 Å². The second kappa shape index (κ2) is 4.89. The number of carbonyl (C=O) groups excluding carboxylic acids is 1. The van der Waals surface area contributed by atoms with Crippen molar-refractivity contribution < 1.29 is 4.79 Å². The van der Waals surface area contributed by atoms with Crippen LogP contribution in [0.2, 0.25) is 0 Å². The van der Waals surface area contributed by atoms with Crippen molar-refractivity contribution >= 4 is 50.3 Å². The van der Waals surface area contributed by atoms with Gasteiger partial charge in [0, 0.05) is 28.1 Å². The lowest BCUT2D eigenvalue weighted by atomic mass is 9.84. The number of nitrogens with zero attached hydrogens (tertiary/aromatic N) is 2. The third kappa shape index (κ3) is 2.15. The molecule has 1 aliphatic rings. The van der Waals surface area contributed by atoms with E-state index in [1.54, 1.807) is 0 Å². The second-order valence-electron chi connectivity index (χ2n) is 5.02. The summed E-state index contributed by atoms with van der Waals surface area (Å²) in [5.41, 5.74) is 4.82. The number of fused-ring (bicyclic) bond motifs is 3. The quantitative estimate of drug-likeness (QED) is 0.716. The predicted molar refractivity (Wildman–Crippen MR) is 86.6 cm³/mol. The van der Waals surface area contributed by atoms with Gasteiger partial charge < -0.3 is 5.32 Å². The third-order valence-corrected chi connectivity index (χ3v) is 4.82. The van der Waals surface area contributed by atoms with Crippen LogP contribution in [0.4, 0.5) is 5.69 Å². The molecule has 0 radical (unpaired) electrons. The Bertz CT molecular complexity index is 844. The Hall–Kier alpha value is -1.79. The molecule has 0 saturated heterocycles. The van der Waals surface area contributed by atoms with Crippen molar-refractivity contribution in [1.82, 2.24) is 8.75 Å². The standard InChI is InChI=1S/C15H10BrN3OS/c16-9-3-1-8(2-4-9)10-7-13(20)17-11-5-6-12-15(14(10)11)19-21-18-12/h1-6,10H,7H2,(H,17,20). The first-order valence-corrected chi connectivity index (χ1v) is 8.05. The summed E-state index contributed by atoms with van der Waals surface area (Å²) in [5, 5.41) is 2.94. The fourth-order valence-corrected chi connectivity index (χ4v) is 3.62. The van der Waals surface area contributed by atoms with Gasteiger partial charge in [-0.3, -0.25) is 4.79 Å². The van der Waals surface area contributed by atoms with E-state index in [0.29, 0.717) is 6.42 Å². The van der Waals surface area contributed by atoms with E-state index in [4.69, 9.17) is 0 Å². The molecular formula is C15H10BrN3OS. The van der Waals surface area contributed by atoms with E-state index in [2.05, 4.69) is 42.1 Å². The minimum Gasteiger partial charge on any atom is -0.326 e. The van der Waals surface area contributed by atoms with Crippen molar-refractivity contribution in [3.8, 4) is 0 Å². The maximum atomic E-state index is 12.0. The van der Waals surface area contributed by atoms with Gasteiger partial charge in [0.25, 0.3) is 0 Å². The number of halogens is 1. The van der Waals surface area contributed by atoms with E-state index in [0.717, 1.165) is 32.3 Å². The number of nitrogens with one attached hydrogen (secondary N) is 1. The summed E-state index contributed by atoms with van der Waals surface area (Å²) in [4.78, 5) is 12.0. The van der Waals surface area contributed by atoms with Crippen molar-refractivity contribution in [2.24, 2.45) is 0 Å². The molecule has 1 aliphatic heterocycles. The van der Waals surface area contributed by atoms with Gasteiger partial charge in [0.2, 0.25) is 5.91 Å². The average Bonchev–Trinajstić information content (AvgIpc) is 2.95. The van der Waals surface area contributed by atoms with Crippen LogP contribution >= 0.6 is 27.7 Å². The normalized spacial score (nSPS) is 17.6. The van der Waals surface area contributed by atoms with E-state index >= 15 is 0 Å². The zero-order valence-electron chi connectivity index (χ0n) is 10.8. The predicted octanol–water partition coefficient (Wildman–Crippen LogP) is 3.93. The molecule has 2 heterocycles.